The van der Waals surface area contributed by atoms with Crippen LogP contribution in [0.4, 0.5) is 0 Å². The summed E-state index contributed by atoms with van der Waals surface area (Å²) in [4.78, 5) is 15.7. The standard InChI is InChI=1S/C19H21N3O/c1-14(2)17-6-4-16(5-7-17)12-15(3)13-21-22-19(23)18-8-10-20-11-9-18/h4-14H,1-3H3,(H,22,23)/b15-12-,21-13?. The summed E-state index contributed by atoms with van der Waals surface area (Å²) in [5, 5.41) is 3.98. The Balaban J connectivity index is 1.95. The number of carbonyl (C=O) groups excluding carboxylic acids is 1. The van der Waals surface area contributed by atoms with Crippen molar-refractivity contribution < 1.29 is 4.79 Å². The lowest BCUT2D eigenvalue weighted by Crippen LogP contribution is -2.17. The highest BCUT2D eigenvalue weighted by Gasteiger charge is 2.02. The summed E-state index contributed by atoms with van der Waals surface area (Å²) in [6.45, 7) is 6.29. The molecule has 1 amide bonds. The third kappa shape index (κ3) is 5.18. The Labute approximate surface area is 137 Å². The van der Waals surface area contributed by atoms with Crippen LogP contribution in [0.25, 0.3) is 6.08 Å². The molecule has 4 nitrogen and oxygen atoms in total. The second-order valence-corrected chi connectivity index (χ2v) is 5.64. The number of hydrogen-bond donors (Lipinski definition) is 1. The number of pyridine rings is 1. The minimum absolute atomic E-state index is 0.252. The Morgan fingerprint density at radius 3 is 2.39 bits per heavy atom. The van der Waals surface area contributed by atoms with Gasteiger partial charge in [0, 0.05) is 18.0 Å². The largest absolute Gasteiger partial charge is 0.271 e. The van der Waals surface area contributed by atoms with E-state index in [1.54, 1.807) is 30.7 Å². The van der Waals surface area contributed by atoms with Crippen molar-refractivity contribution in [1.29, 1.82) is 0 Å². The normalized spacial score (nSPS) is 11.9. The van der Waals surface area contributed by atoms with Crippen molar-refractivity contribution in [1.82, 2.24) is 10.4 Å². The molecule has 0 fully saturated rings. The molecule has 0 saturated carbocycles. The average Bonchev–Trinajstić information content (AvgIpc) is 2.56. The van der Waals surface area contributed by atoms with Gasteiger partial charge in [0.05, 0.1) is 6.21 Å². The molecule has 0 radical (unpaired) electrons. The number of rotatable bonds is 5. The predicted octanol–water partition coefficient (Wildman–Crippen LogP) is 4.02. The van der Waals surface area contributed by atoms with Gasteiger partial charge in [-0.15, -0.1) is 0 Å². The van der Waals surface area contributed by atoms with Gasteiger partial charge in [-0.3, -0.25) is 9.78 Å². The van der Waals surface area contributed by atoms with Crippen molar-refractivity contribution in [3.63, 3.8) is 0 Å². The molecular formula is C19H21N3O. The Bertz CT molecular complexity index is 701. The van der Waals surface area contributed by atoms with Crippen molar-refractivity contribution in [3.05, 3.63) is 71.1 Å². The Hall–Kier alpha value is -2.75. The number of aromatic nitrogens is 1. The fourth-order valence-corrected chi connectivity index (χ4v) is 2.04. The zero-order chi connectivity index (χ0) is 16.7. The first-order valence-electron chi connectivity index (χ1n) is 7.58. The minimum atomic E-state index is -0.252. The summed E-state index contributed by atoms with van der Waals surface area (Å²) in [5.74, 6) is 0.275. The van der Waals surface area contributed by atoms with Gasteiger partial charge in [0.15, 0.2) is 0 Å². The SMILES string of the molecule is C/C(C=NNC(=O)c1ccncc1)=C/c1ccc(C(C)C)cc1. The van der Waals surface area contributed by atoms with E-state index >= 15 is 0 Å². The van der Waals surface area contributed by atoms with E-state index in [1.807, 2.05) is 13.0 Å². The van der Waals surface area contributed by atoms with Gasteiger partial charge in [-0.1, -0.05) is 44.2 Å². The van der Waals surface area contributed by atoms with Crippen LogP contribution in [0.1, 0.15) is 48.2 Å². The van der Waals surface area contributed by atoms with Gasteiger partial charge in [-0.2, -0.15) is 5.10 Å². The van der Waals surface area contributed by atoms with Crippen molar-refractivity contribution in [2.24, 2.45) is 5.10 Å². The molecule has 4 heteroatoms. The van der Waals surface area contributed by atoms with E-state index in [0.29, 0.717) is 11.5 Å². The topological polar surface area (TPSA) is 54.4 Å². The second kappa shape index (κ2) is 8.03. The number of amides is 1. The molecule has 0 aliphatic rings. The smallest absolute Gasteiger partial charge is 0.267 e. The van der Waals surface area contributed by atoms with Gasteiger partial charge in [-0.25, -0.2) is 5.43 Å². The molecule has 0 saturated heterocycles. The molecule has 0 aliphatic heterocycles. The summed E-state index contributed by atoms with van der Waals surface area (Å²) in [6, 6.07) is 11.7. The lowest BCUT2D eigenvalue weighted by atomic mass is 10.0. The molecule has 1 N–H and O–H groups in total. The molecule has 2 rings (SSSR count). The third-order valence-corrected chi connectivity index (χ3v) is 3.37. The zero-order valence-corrected chi connectivity index (χ0v) is 13.7. The summed E-state index contributed by atoms with van der Waals surface area (Å²) >= 11 is 0. The molecular weight excluding hydrogens is 286 g/mol. The van der Waals surface area contributed by atoms with Crippen molar-refractivity contribution in [3.8, 4) is 0 Å². The third-order valence-electron chi connectivity index (χ3n) is 3.37. The highest BCUT2D eigenvalue weighted by Crippen LogP contribution is 2.15. The van der Waals surface area contributed by atoms with Crippen molar-refractivity contribution in [2.45, 2.75) is 26.7 Å². The van der Waals surface area contributed by atoms with Gasteiger partial charge in [0.1, 0.15) is 0 Å². The number of carbonyl (C=O) groups is 1. The van der Waals surface area contributed by atoms with E-state index in [9.17, 15) is 4.79 Å². The highest BCUT2D eigenvalue weighted by atomic mass is 16.2. The Kier molecular flexibility index (Phi) is 5.80. The lowest BCUT2D eigenvalue weighted by Gasteiger charge is -2.05. The maximum atomic E-state index is 11.8. The van der Waals surface area contributed by atoms with Gasteiger partial charge >= 0.3 is 0 Å². The number of allylic oxidation sites excluding steroid dienone is 1. The quantitative estimate of drug-likeness (QED) is 0.670. The first-order chi connectivity index (χ1) is 11.1. The molecule has 0 atom stereocenters. The monoisotopic (exact) mass is 307 g/mol. The van der Waals surface area contributed by atoms with Crippen LogP contribution >= 0.6 is 0 Å². The van der Waals surface area contributed by atoms with Crippen LogP contribution in [0.5, 0.6) is 0 Å². The maximum Gasteiger partial charge on any atom is 0.271 e. The number of hydrogen-bond acceptors (Lipinski definition) is 3. The van der Waals surface area contributed by atoms with E-state index in [-0.39, 0.29) is 5.91 Å². The van der Waals surface area contributed by atoms with Crippen LogP contribution in [0.2, 0.25) is 0 Å². The molecule has 2 aromatic rings. The first-order valence-corrected chi connectivity index (χ1v) is 7.58. The second-order valence-electron chi connectivity index (χ2n) is 5.64. The molecule has 0 unspecified atom stereocenters. The molecule has 1 heterocycles. The molecule has 0 spiro atoms. The van der Waals surface area contributed by atoms with E-state index in [1.165, 1.54) is 5.56 Å². The van der Waals surface area contributed by atoms with Crippen LogP contribution in [0, 0.1) is 0 Å². The Morgan fingerprint density at radius 2 is 1.78 bits per heavy atom. The van der Waals surface area contributed by atoms with Crippen molar-refractivity contribution >= 4 is 18.2 Å². The molecule has 0 bridgehead atoms. The number of benzene rings is 1. The molecule has 23 heavy (non-hydrogen) atoms. The van der Waals surface area contributed by atoms with E-state index < -0.39 is 0 Å². The Morgan fingerprint density at radius 1 is 1.13 bits per heavy atom. The zero-order valence-electron chi connectivity index (χ0n) is 13.7. The van der Waals surface area contributed by atoms with Crippen LogP contribution < -0.4 is 5.43 Å². The first kappa shape index (κ1) is 16.6. The van der Waals surface area contributed by atoms with E-state index in [0.717, 1.165) is 11.1 Å². The van der Waals surface area contributed by atoms with Crippen LogP contribution in [-0.4, -0.2) is 17.1 Å². The molecule has 118 valence electrons. The van der Waals surface area contributed by atoms with Gasteiger partial charge in [0.25, 0.3) is 5.91 Å². The summed E-state index contributed by atoms with van der Waals surface area (Å²) < 4.78 is 0. The van der Waals surface area contributed by atoms with Gasteiger partial charge in [0.2, 0.25) is 0 Å². The van der Waals surface area contributed by atoms with Crippen molar-refractivity contribution in [2.75, 3.05) is 0 Å². The summed E-state index contributed by atoms with van der Waals surface area (Å²) in [6.07, 6.45) is 6.80. The van der Waals surface area contributed by atoms with Gasteiger partial charge in [-0.05, 0) is 41.7 Å². The fraction of sp³-hybridized carbons (Fsp3) is 0.211. The van der Waals surface area contributed by atoms with Crippen LogP contribution in [0.3, 0.4) is 0 Å². The predicted molar refractivity (Wildman–Crippen MR) is 94.4 cm³/mol. The minimum Gasteiger partial charge on any atom is -0.267 e. The lowest BCUT2D eigenvalue weighted by molar-refractivity contribution is 0.0955. The van der Waals surface area contributed by atoms with E-state index in [2.05, 4.69) is 53.6 Å². The van der Waals surface area contributed by atoms with Crippen LogP contribution in [0.15, 0.2) is 59.5 Å². The average molecular weight is 307 g/mol. The van der Waals surface area contributed by atoms with E-state index in [4.69, 9.17) is 0 Å². The number of nitrogens with one attached hydrogen (secondary N) is 1. The van der Waals surface area contributed by atoms with Gasteiger partial charge < -0.3 is 0 Å². The van der Waals surface area contributed by atoms with Crippen LogP contribution in [-0.2, 0) is 0 Å². The fourth-order valence-electron chi connectivity index (χ4n) is 2.04. The maximum absolute atomic E-state index is 11.8. The summed E-state index contributed by atoms with van der Waals surface area (Å²) in [7, 11) is 0. The molecule has 1 aromatic carbocycles. The number of hydrazone groups is 1. The number of nitrogens with zero attached hydrogens (tertiary/aromatic N) is 2. The molecule has 1 aromatic heterocycles. The summed E-state index contributed by atoms with van der Waals surface area (Å²) in [5.41, 5.74) is 6.42. The molecule has 0 aliphatic carbocycles. The highest BCUT2D eigenvalue weighted by molar-refractivity contribution is 5.95.